The van der Waals surface area contributed by atoms with Crippen LogP contribution in [0.1, 0.15) is 162 Å². The van der Waals surface area contributed by atoms with Gasteiger partial charge in [-0.1, -0.05) is 151 Å². The first-order chi connectivity index (χ1) is 28.1. The molecule has 12 heteroatoms. The summed E-state index contributed by atoms with van der Waals surface area (Å²) in [5.74, 6) is -1.04. The SMILES string of the molecule is CC/C=C\C/C=C\CC(O)/C=C/C=C\C/C=C\CCCC(=O)OC[C@H](COP(=O)(O)OC[C@@H](O)CO)OC(=O)CCCCCCCCC/C=C\CCCCCCCC. The molecule has 4 atom stereocenters. The van der Waals surface area contributed by atoms with Crippen molar-refractivity contribution in [3.8, 4) is 0 Å². The molecule has 0 aliphatic rings. The minimum absolute atomic E-state index is 0.127. The quantitative estimate of drug-likeness (QED) is 0.0152. The highest BCUT2D eigenvalue weighted by Crippen LogP contribution is 2.43. The lowest BCUT2D eigenvalue weighted by Crippen LogP contribution is -2.29. The maximum Gasteiger partial charge on any atom is 0.472 e. The van der Waals surface area contributed by atoms with Crippen molar-refractivity contribution in [2.45, 2.75) is 180 Å². The molecular formula is C46H79O11P. The second kappa shape index (κ2) is 41.1. The molecule has 11 nitrogen and oxygen atoms in total. The maximum atomic E-state index is 12.6. The summed E-state index contributed by atoms with van der Waals surface area (Å²) in [5, 5.41) is 28.3. The highest BCUT2D eigenvalue weighted by molar-refractivity contribution is 7.47. The van der Waals surface area contributed by atoms with Crippen molar-refractivity contribution in [3.05, 3.63) is 72.9 Å². The van der Waals surface area contributed by atoms with E-state index < -0.39 is 57.9 Å². The van der Waals surface area contributed by atoms with Gasteiger partial charge in [0.05, 0.1) is 25.9 Å². The fourth-order valence-electron chi connectivity index (χ4n) is 5.52. The van der Waals surface area contributed by atoms with Crippen LogP contribution in [-0.2, 0) is 32.7 Å². The van der Waals surface area contributed by atoms with Gasteiger partial charge in [-0.3, -0.25) is 18.6 Å². The molecule has 0 bridgehead atoms. The first-order valence-corrected chi connectivity index (χ1v) is 23.5. The first-order valence-electron chi connectivity index (χ1n) is 22.0. The summed E-state index contributed by atoms with van der Waals surface area (Å²) in [4.78, 5) is 35.0. The molecule has 0 aromatic rings. The summed E-state index contributed by atoms with van der Waals surface area (Å²) >= 11 is 0. The number of hydrogen-bond donors (Lipinski definition) is 4. The van der Waals surface area contributed by atoms with Gasteiger partial charge in [-0.05, 0) is 70.6 Å². The average Bonchev–Trinajstić information content (AvgIpc) is 3.21. The largest absolute Gasteiger partial charge is 0.472 e. The summed E-state index contributed by atoms with van der Waals surface area (Å²) < 4.78 is 32.6. The number of carbonyl (C=O) groups excluding carboxylic acids is 2. The van der Waals surface area contributed by atoms with E-state index in [2.05, 4.69) is 42.7 Å². The highest BCUT2D eigenvalue weighted by Gasteiger charge is 2.27. The Morgan fingerprint density at radius 1 is 0.603 bits per heavy atom. The van der Waals surface area contributed by atoms with Crippen molar-refractivity contribution >= 4 is 19.8 Å². The fourth-order valence-corrected chi connectivity index (χ4v) is 6.31. The zero-order valence-electron chi connectivity index (χ0n) is 35.8. The second-order valence-corrected chi connectivity index (χ2v) is 16.0. The number of ether oxygens (including phenoxy) is 2. The molecule has 0 fully saturated rings. The van der Waals surface area contributed by atoms with E-state index in [1.165, 1.54) is 57.8 Å². The third-order valence-electron chi connectivity index (χ3n) is 8.93. The van der Waals surface area contributed by atoms with Gasteiger partial charge in [0.2, 0.25) is 0 Å². The molecule has 0 aromatic heterocycles. The van der Waals surface area contributed by atoms with E-state index in [-0.39, 0.29) is 19.4 Å². The van der Waals surface area contributed by atoms with Crippen molar-refractivity contribution in [2.24, 2.45) is 0 Å². The topological polar surface area (TPSA) is 169 Å². The lowest BCUT2D eigenvalue weighted by molar-refractivity contribution is -0.161. The highest BCUT2D eigenvalue weighted by atomic mass is 31.2. The zero-order chi connectivity index (χ0) is 42.8. The van der Waals surface area contributed by atoms with Gasteiger partial charge in [-0.25, -0.2) is 4.57 Å². The van der Waals surface area contributed by atoms with Crippen molar-refractivity contribution < 1.29 is 52.9 Å². The van der Waals surface area contributed by atoms with Crippen LogP contribution in [0.25, 0.3) is 0 Å². The van der Waals surface area contributed by atoms with Crippen LogP contribution >= 0.6 is 7.82 Å². The van der Waals surface area contributed by atoms with Crippen LogP contribution in [0.2, 0.25) is 0 Å². The summed E-state index contributed by atoms with van der Waals surface area (Å²) in [6.45, 7) is 2.09. The van der Waals surface area contributed by atoms with E-state index in [0.29, 0.717) is 32.1 Å². The maximum absolute atomic E-state index is 12.6. The summed E-state index contributed by atoms with van der Waals surface area (Å²) in [6, 6.07) is 0. The molecular weight excluding hydrogens is 759 g/mol. The Kier molecular flexibility index (Phi) is 39.3. The van der Waals surface area contributed by atoms with Gasteiger partial charge < -0.3 is 29.7 Å². The van der Waals surface area contributed by atoms with Crippen LogP contribution in [0, 0.1) is 0 Å². The van der Waals surface area contributed by atoms with E-state index in [1.54, 1.807) is 6.08 Å². The van der Waals surface area contributed by atoms with Crippen molar-refractivity contribution in [2.75, 3.05) is 26.4 Å². The number of unbranched alkanes of at least 4 members (excludes halogenated alkanes) is 14. The molecule has 0 saturated heterocycles. The number of rotatable bonds is 40. The van der Waals surface area contributed by atoms with Gasteiger partial charge in [0.15, 0.2) is 6.10 Å². The Bertz CT molecular complexity index is 1210. The fraction of sp³-hybridized carbons (Fsp3) is 0.696. The molecule has 0 radical (unpaired) electrons. The molecule has 334 valence electrons. The Morgan fingerprint density at radius 3 is 1.83 bits per heavy atom. The van der Waals surface area contributed by atoms with Gasteiger partial charge in [-0.15, -0.1) is 0 Å². The lowest BCUT2D eigenvalue weighted by atomic mass is 10.1. The number of phosphoric acid groups is 1. The molecule has 0 rings (SSSR count). The number of phosphoric ester groups is 1. The van der Waals surface area contributed by atoms with E-state index in [9.17, 15) is 29.3 Å². The molecule has 58 heavy (non-hydrogen) atoms. The lowest BCUT2D eigenvalue weighted by Gasteiger charge is -2.20. The normalized spacial score (nSPS) is 15.1. The Labute approximate surface area is 351 Å². The molecule has 4 N–H and O–H groups in total. The van der Waals surface area contributed by atoms with Gasteiger partial charge in [-0.2, -0.15) is 0 Å². The number of aliphatic hydroxyl groups excluding tert-OH is 3. The predicted molar refractivity (Wildman–Crippen MR) is 234 cm³/mol. The smallest absolute Gasteiger partial charge is 0.462 e. The van der Waals surface area contributed by atoms with Crippen LogP contribution < -0.4 is 0 Å². The molecule has 0 aliphatic heterocycles. The van der Waals surface area contributed by atoms with Crippen LogP contribution in [0.5, 0.6) is 0 Å². The predicted octanol–water partition coefficient (Wildman–Crippen LogP) is 10.6. The molecule has 0 aromatic carbocycles. The van der Waals surface area contributed by atoms with Gasteiger partial charge in [0, 0.05) is 12.8 Å². The number of allylic oxidation sites excluding steroid dienone is 10. The van der Waals surface area contributed by atoms with Gasteiger partial charge in [0.1, 0.15) is 12.7 Å². The summed E-state index contributed by atoms with van der Waals surface area (Å²) in [5.41, 5.74) is 0. The first kappa shape index (κ1) is 55.4. The number of hydrogen-bond acceptors (Lipinski definition) is 10. The number of carbonyl (C=O) groups is 2. The third kappa shape index (κ3) is 40.2. The average molecular weight is 839 g/mol. The Morgan fingerprint density at radius 2 is 1.16 bits per heavy atom. The van der Waals surface area contributed by atoms with E-state index >= 15 is 0 Å². The molecule has 0 saturated carbocycles. The van der Waals surface area contributed by atoms with Crippen molar-refractivity contribution in [1.82, 2.24) is 0 Å². The molecule has 0 amide bonds. The van der Waals surface area contributed by atoms with Gasteiger partial charge >= 0.3 is 19.8 Å². The van der Waals surface area contributed by atoms with E-state index in [1.807, 2.05) is 42.5 Å². The van der Waals surface area contributed by atoms with E-state index in [4.69, 9.17) is 19.1 Å². The van der Waals surface area contributed by atoms with Crippen LogP contribution in [-0.4, -0.2) is 76.9 Å². The minimum atomic E-state index is -4.65. The zero-order valence-corrected chi connectivity index (χ0v) is 36.7. The van der Waals surface area contributed by atoms with Crippen LogP contribution in [0.15, 0.2) is 72.9 Å². The third-order valence-corrected chi connectivity index (χ3v) is 9.88. The number of esters is 2. The molecule has 0 spiro atoms. The molecule has 2 unspecified atom stereocenters. The summed E-state index contributed by atoms with van der Waals surface area (Å²) in [6.07, 6.45) is 43.3. The standard InChI is InChI=1S/C46H79O11P/c1-3-5-7-9-11-12-13-14-15-16-17-18-19-20-25-29-33-37-46(51)57-44(41-56-58(52,53)55-39-43(49)38-47)40-54-45(50)36-32-28-24-22-21-23-27-31-35-42(48)34-30-26-10-8-6-4-2/h6,8,14-15,22-24,26-27,30-31,35,42-44,47-49H,3-5,7,9-13,16-21,25,28-29,32-34,36-41H2,1-2H3,(H,52,53)/b8-6-,15-14-,24-22-,27-23-,30-26-,35-31+/t42?,43-,44+/m0/s1. The van der Waals surface area contributed by atoms with Crippen molar-refractivity contribution in [1.29, 1.82) is 0 Å². The van der Waals surface area contributed by atoms with Crippen LogP contribution in [0.4, 0.5) is 0 Å². The second-order valence-electron chi connectivity index (χ2n) is 14.5. The minimum Gasteiger partial charge on any atom is -0.462 e. The monoisotopic (exact) mass is 839 g/mol. The summed E-state index contributed by atoms with van der Waals surface area (Å²) in [7, 11) is -4.65. The van der Waals surface area contributed by atoms with E-state index in [0.717, 1.165) is 44.9 Å². The Hall–Kier alpha value is -2.63. The molecule has 0 aliphatic carbocycles. The number of aliphatic hydroxyl groups is 3. The van der Waals surface area contributed by atoms with Crippen molar-refractivity contribution in [3.63, 3.8) is 0 Å². The van der Waals surface area contributed by atoms with Crippen LogP contribution in [0.3, 0.4) is 0 Å². The molecule has 0 heterocycles. The van der Waals surface area contributed by atoms with Gasteiger partial charge in [0.25, 0.3) is 0 Å². The Balaban J connectivity index is 4.45.